The minimum Gasteiger partial charge on any atom is -0.464 e. The predicted octanol–water partition coefficient (Wildman–Crippen LogP) is 0.856. The van der Waals surface area contributed by atoms with E-state index in [9.17, 15) is 14.4 Å². The highest BCUT2D eigenvalue weighted by molar-refractivity contribution is 5.88. The standard InChI is InChI=1S/C25H40N4O5/c1-17(22(33-4)21-12-8-14-29(21)3)23(30)28-20(16-19-10-6-5-7-11-19)24(31)27-13-9-15-34-25(32)18(2)26/h5-7,10-11,17-18,20-22H,8-9,12-16,26H2,1-4H3,(H,27,31)(H,28,30)/t17-,18?,20?,21?,22?/m1/s1. The molecule has 34 heavy (non-hydrogen) atoms. The molecule has 1 heterocycles. The first-order chi connectivity index (χ1) is 16.2. The monoisotopic (exact) mass is 476 g/mol. The zero-order chi connectivity index (χ0) is 25.1. The summed E-state index contributed by atoms with van der Waals surface area (Å²) in [5.41, 5.74) is 6.41. The van der Waals surface area contributed by atoms with Gasteiger partial charge in [0.15, 0.2) is 0 Å². The molecular formula is C25H40N4O5. The van der Waals surface area contributed by atoms with Gasteiger partial charge in [-0.25, -0.2) is 0 Å². The van der Waals surface area contributed by atoms with Crippen LogP contribution < -0.4 is 16.4 Å². The molecule has 0 aromatic heterocycles. The Labute approximate surface area is 202 Å². The minimum atomic E-state index is -0.734. The van der Waals surface area contributed by atoms with E-state index in [2.05, 4.69) is 15.5 Å². The first-order valence-electron chi connectivity index (χ1n) is 12.0. The number of nitrogens with two attached hydrogens (primary N) is 1. The van der Waals surface area contributed by atoms with Crippen molar-refractivity contribution in [2.24, 2.45) is 11.7 Å². The van der Waals surface area contributed by atoms with Gasteiger partial charge < -0.3 is 30.7 Å². The van der Waals surface area contributed by atoms with Crippen LogP contribution in [-0.2, 0) is 30.3 Å². The summed E-state index contributed by atoms with van der Waals surface area (Å²) in [5.74, 6) is -1.39. The highest BCUT2D eigenvalue weighted by Gasteiger charge is 2.37. The zero-order valence-electron chi connectivity index (χ0n) is 20.8. The van der Waals surface area contributed by atoms with E-state index < -0.39 is 24.0 Å². The smallest absolute Gasteiger partial charge is 0.322 e. The van der Waals surface area contributed by atoms with Gasteiger partial charge in [-0.1, -0.05) is 37.3 Å². The molecule has 1 aliphatic heterocycles. The number of likely N-dealkylation sites (N-methyl/N-ethyl adjacent to an activating group) is 1. The molecule has 0 aliphatic carbocycles. The molecule has 1 saturated heterocycles. The van der Waals surface area contributed by atoms with Gasteiger partial charge in [-0.15, -0.1) is 0 Å². The van der Waals surface area contributed by atoms with Crippen molar-refractivity contribution in [1.29, 1.82) is 0 Å². The minimum absolute atomic E-state index is 0.165. The molecule has 9 heteroatoms. The zero-order valence-corrected chi connectivity index (χ0v) is 20.8. The number of carbonyl (C=O) groups is 3. The Hall–Kier alpha value is -2.49. The van der Waals surface area contributed by atoms with E-state index in [4.69, 9.17) is 15.2 Å². The highest BCUT2D eigenvalue weighted by atomic mass is 16.5. The van der Waals surface area contributed by atoms with Crippen LogP contribution >= 0.6 is 0 Å². The van der Waals surface area contributed by atoms with Gasteiger partial charge >= 0.3 is 5.97 Å². The maximum Gasteiger partial charge on any atom is 0.322 e. The van der Waals surface area contributed by atoms with Gasteiger partial charge in [-0.05, 0) is 45.3 Å². The quantitative estimate of drug-likeness (QED) is 0.285. The number of ether oxygens (including phenoxy) is 2. The summed E-state index contributed by atoms with van der Waals surface area (Å²) in [5, 5.41) is 5.78. The number of hydrogen-bond donors (Lipinski definition) is 3. The number of esters is 1. The number of benzene rings is 1. The molecule has 0 saturated carbocycles. The number of likely N-dealkylation sites (tertiary alicyclic amines) is 1. The van der Waals surface area contributed by atoms with Crippen LogP contribution in [0.15, 0.2) is 30.3 Å². The largest absolute Gasteiger partial charge is 0.464 e. The van der Waals surface area contributed by atoms with E-state index in [1.54, 1.807) is 14.0 Å². The van der Waals surface area contributed by atoms with Gasteiger partial charge in [0.1, 0.15) is 12.1 Å². The second-order valence-corrected chi connectivity index (χ2v) is 9.03. The molecule has 2 amide bonds. The van der Waals surface area contributed by atoms with Crippen LogP contribution in [0.2, 0.25) is 0 Å². The fourth-order valence-electron chi connectivity index (χ4n) is 4.27. The van der Waals surface area contributed by atoms with Crippen molar-refractivity contribution in [1.82, 2.24) is 15.5 Å². The Morgan fingerprint density at radius 3 is 2.47 bits per heavy atom. The maximum absolute atomic E-state index is 13.2. The molecule has 4 unspecified atom stereocenters. The SMILES string of the molecule is COC(C1CCCN1C)[C@@H](C)C(=O)NC(Cc1ccccc1)C(=O)NCCCOC(=O)C(C)N. The van der Waals surface area contributed by atoms with Gasteiger partial charge in [0.25, 0.3) is 0 Å². The Balaban J connectivity index is 1.98. The van der Waals surface area contributed by atoms with Gasteiger partial charge in [0.2, 0.25) is 11.8 Å². The second kappa shape index (κ2) is 14.0. The van der Waals surface area contributed by atoms with Gasteiger partial charge in [0, 0.05) is 26.1 Å². The molecule has 190 valence electrons. The van der Waals surface area contributed by atoms with Crippen molar-refractivity contribution in [3.63, 3.8) is 0 Å². The number of amides is 2. The van der Waals surface area contributed by atoms with Crippen LogP contribution in [0.25, 0.3) is 0 Å². The summed E-state index contributed by atoms with van der Waals surface area (Å²) in [6.07, 6.45) is 2.62. The van der Waals surface area contributed by atoms with E-state index >= 15 is 0 Å². The Morgan fingerprint density at radius 1 is 1.18 bits per heavy atom. The fourth-order valence-corrected chi connectivity index (χ4v) is 4.27. The van der Waals surface area contributed by atoms with Gasteiger partial charge in [-0.3, -0.25) is 14.4 Å². The molecule has 1 aromatic carbocycles. The molecule has 1 aliphatic rings. The molecule has 5 atom stereocenters. The Kier molecular flexibility index (Phi) is 11.5. The Morgan fingerprint density at radius 2 is 1.88 bits per heavy atom. The van der Waals surface area contributed by atoms with E-state index in [0.29, 0.717) is 19.4 Å². The van der Waals surface area contributed by atoms with Crippen LogP contribution in [0.1, 0.15) is 38.7 Å². The van der Waals surface area contributed by atoms with Crippen molar-refractivity contribution >= 4 is 17.8 Å². The van der Waals surface area contributed by atoms with Crippen LogP contribution in [0.3, 0.4) is 0 Å². The van der Waals surface area contributed by atoms with Crippen molar-refractivity contribution in [2.45, 2.75) is 63.8 Å². The number of carbonyl (C=O) groups excluding carboxylic acids is 3. The first kappa shape index (κ1) is 27.8. The molecule has 0 spiro atoms. The summed E-state index contributed by atoms with van der Waals surface area (Å²) < 4.78 is 10.8. The summed E-state index contributed by atoms with van der Waals surface area (Å²) in [4.78, 5) is 39.8. The van der Waals surface area contributed by atoms with E-state index in [1.807, 2.05) is 44.3 Å². The third-order valence-electron chi connectivity index (χ3n) is 6.29. The molecule has 4 N–H and O–H groups in total. The molecule has 2 rings (SSSR count). The summed E-state index contributed by atoms with van der Waals surface area (Å²) in [6, 6.07) is 8.32. The normalized spacial score (nSPS) is 19.6. The van der Waals surface area contributed by atoms with Crippen molar-refractivity contribution in [2.75, 3.05) is 33.9 Å². The van der Waals surface area contributed by atoms with Crippen molar-refractivity contribution in [3.8, 4) is 0 Å². The fraction of sp³-hybridized carbons (Fsp3) is 0.640. The number of nitrogens with zero attached hydrogens (tertiary/aromatic N) is 1. The van der Waals surface area contributed by atoms with Crippen LogP contribution in [0, 0.1) is 5.92 Å². The molecular weight excluding hydrogens is 436 g/mol. The lowest BCUT2D eigenvalue weighted by Crippen LogP contribution is -2.53. The molecule has 1 aromatic rings. The highest BCUT2D eigenvalue weighted by Crippen LogP contribution is 2.25. The Bertz CT molecular complexity index is 789. The lowest BCUT2D eigenvalue weighted by Gasteiger charge is -2.32. The van der Waals surface area contributed by atoms with Crippen molar-refractivity contribution in [3.05, 3.63) is 35.9 Å². The summed E-state index contributed by atoms with van der Waals surface area (Å²) in [6.45, 7) is 4.87. The molecule has 0 radical (unpaired) electrons. The van der Waals surface area contributed by atoms with Crippen LogP contribution in [0.4, 0.5) is 0 Å². The van der Waals surface area contributed by atoms with E-state index in [1.165, 1.54) is 0 Å². The number of methoxy groups -OCH3 is 1. The second-order valence-electron chi connectivity index (χ2n) is 9.03. The number of rotatable bonds is 13. The first-order valence-corrected chi connectivity index (χ1v) is 12.0. The van der Waals surface area contributed by atoms with Gasteiger partial charge in [-0.2, -0.15) is 0 Å². The average molecular weight is 477 g/mol. The third kappa shape index (κ3) is 8.38. The molecule has 0 bridgehead atoms. The number of nitrogens with one attached hydrogen (secondary N) is 2. The van der Waals surface area contributed by atoms with Crippen LogP contribution in [0.5, 0.6) is 0 Å². The summed E-state index contributed by atoms with van der Waals surface area (Å²) >= 11 is 0. The lowest BCUT2D eigenvalue weighted by molar-refractivity contribution is -0.144. The predicted molar refractivity (Wildman–Crippen MR) is 130 cm³/mol. The van der Waals surface area contributed by atoms with Crippen LogP contribution in [-0.4, -0.2) is 80.8 Å². The maximum atomic E-state index is 13.2. The number of hydrogen-bond acceptors (Lipinski definition) is 7. The third-order valence-corrected chi connectivity index (χ3v) is 6.29. The lowest BCUT2D eigenvalue weighted by atomic mass is 9.94. The molecule has 9 nitrogen and oxygen atoms in total. The van der Waals surface area contributed by atoms with Crippen molar-refractivity contribution < 1.29 is 23.9 Å². The summed E-state index contributed by atoms with van der Waals surface area (Å²) in [7, 11) is 3.68. The topological polar surface area (TPSA) is 123 Å². The van der Waals surface area contributed by atoms with Gasteiger partial charge in [0.05, 0.1) is 18.6 Å². The molecule has 1 fully saturated rings. The van der Waals surface area contributed by atoms with E-state index in [0.717, 1.165) is 24.9 Å². The average Bonchev–Trinajstić information content (AvgIpc) is 3.24. The van der Waals surface area contributed by atoms with E-state index in [-0.39, 0.29) is 30.6 Å².